The lowest BCUT2D eigenvalue weighted by atomic mass is 9.37. The largest absolute Gasteiger partial charge is 0.396 e. The number of methoxy groups -OCH3 is 1. The molecule has 0 aromatic heterocycles. The molecule has 4 bridgehead atoms. The van der Waals surface area contributed by atoms with E-state index in [0.29, 0.717) is 57.2 Å². The number of nitrogens with one attached hydrogen (secondary N) is 2. The lowest BCUT2D eigenvalue weighted by Crippen LogP contribution is -2.72. The Kier molecular flexibility index (Phi) is 15.4. The topological polar surface area (TPSA) is 161 Å². The quantitative estimate of drug-likeness (QED) is 0.0417. The van der Waals surface area contributed by atoms with E-state index in [1.165, 1.54) is 11.1 Å². The second-order valence-corrected chi connectivity index (χ2v) is 21.2. The SMILES string of the molecule is C=C(/C=C/C=C(/[C@@H]1C=C[C@H](C(C)C)[C@@H](O)O1)[C@@H]1CC[C@@]23[C@H]4/C(=C(/C)C=O)[C@H](C=C[C@@]4(CCO)C=C[C@@]12O)C[C@]3(O)CCNC)[C@H]1C/C=C(\C)[C@@H](O)N[C@@](C)(CCOC)Cc2cccc(c2)C1. The van der Waals surface area contributed by atoms with E-state index in [1.807, 2.05) is 63.4 Å². The van der Waals surface area contributed by atoms with Crippen molar-refractivity contribution in [2.24, 2.45) is 46.3 Å². The average Bonchev–Trinajstić information content (AvgIpc) is 3.60. The molecule has 1 aromatic rings. The minimum Gasteiger partial charge on any atom is -0.396 e. The maximum absolute atomic E-state index is 13.9. The monoisotopic (exact) mass is 907 g/mol. The highest BCUT2D eigenvalue weighted by molar-refractivity contribution is 5.75. The molecular weight excluding hydrogens is 829 g/mol. The van der Waals surface area contributed by atoms with Crippen molar-refractivity contribution >= 4 is 6.29 Å². The van der Waals surface area contributed by atoms with Gasteiger partial charge in [0.2, 0.25) is 0 Å². The number of hydrogen-bond acceptors (Lipinski definition) is 10. The Labute approximate surface area is 394 Å². The number of benzene rings is 1. The molecule has 13 atom stereocenters. The number of fused-ring (bicyclic) bond motifs is 3. The van der Waals surface area contributed by atoms with Crippen molar-refractivity contribution in [3.8, 4) is 0 Å². The second kappa shape index (κ2) is 20.2. The lowest BCUT2D eigenvalue weighted by molar-refractivity contribution is -0.234. The standard InChI is InChI=1S/C56H78N2O8/c1-36(2)44-17-18-47(66-51(44)62)45(14-9-11-37(3)42-16-15-38(4)50(61)58-52(6,27-30-65-8)33-41-13-10-12-40(31-41)32-42)46-20-22-55-49-48(39(5)35-60)43(34-54(55,63)25-28-57-7)19-21-53(49,26-29-59)23-24-56(46,55)64/h9-15,17-19,21,23-24,31,35-36,42-44,46-47,49-51,57-59,61-64H,3,16,20,22,25-30,32-34H2,1-2,4-8H3/b11-9+,38-15+,45-14+,48-39-/t42-,43+,44+,46-,47-,49-,50+,51-,52-,53-,54+,55-,56+/m0/s1. The van der Waals surface area contributed by atoms with E-state index < -0.39 is 52.5 Å². The minimum atomic E-state index is -1.60. The number of aliphatic hydroxyl groups excluding tert-OH is 3. The summed E-state index contributed by atoms with van der Waals surface area (Å²) in [5, 5.41) is 67.5. The van der Waals surface area contributed by atoms with Crippen molar-refractivity contribution in [1.82, 2.24) is 10.6 Å². The molecule has 4 aliphatic carbocycles. The maximum Gasteiger partial charge on any atom is 0.162 e. The summed E-state index contributed by atoms with van der Waals surface area (Å²) >= 11 is 0. The third-order valence-corrected chi connectivity index (χ3v) is 16.8. The number of rotatable bonds is 15. The smallest absolute Gasteiger partial charge is 0.162 e. The zero-order valence-electron chi connectivity index (χ0n) is 40.5. The van der Waals surface area contributed by atoms with Crippen molar-refractivity contribution in [3.05, 3.63) is 131 Å². The fraction of sp³-hybridized carbons (Fsp3) is 0.589. The Morgan fingerprint density at radius 2 is 1.86 bits per heavy atom. The van der Waals surface area contributed by atoms with E-state index in [2.05, 4.69) is 80.5 Å². The van der Waals surface area contributed by atoms with Gasteiger partial charge in [0.1, 0.15) is 18.6 Å². The van der Waals surface area contributed by atoms with Crippen LogP contribution in [0, 0.1) is 46.3 Å². The molecule has 7 rings (SSSR count). The third kappa shape index (κ3) is 9.19. The van der Waals surface area contributed by atoms with E-state index in [4.69, 9.17) is 9.47 Å². The molecule has 2 fully saturated rings. The second-order valence-electron chi connectivity index (χ2n) is 21.2. The molecule has 6 aliphatic rings. The molecule has 66 heavy (non-hydrogen) atoms. The summed E-state index contributed by atoms with van der Waals surface area (Å²) in [5.41, 5.74) is 1.29. The zero-order chi connectivity index (χ0) is 47.7. The molecule has 0 radical (unpaired) electrons. The Bertz CT molecular complexity index is 2170. The fourth-order valence-electron chi connectivity index (χ4n) is 13.2. The van der Waals surface area contributed by atoms with Gasteiger partial charge in [0.25, 0.3) is 0 Å². The van der Waals surface area contributed by atoms with Crippen molar-refractivity contribution in [2.75, 3.05) is 33.9 Å². The summed E-state index contributed by atoms with van der Waals surface area (Å²) in [7, 11) is 3.57. The van der Waals surface area contributed by atoms with Gasteiger partial charge >= 0.3 is 0 Å². The van der Waals surface area contributed by atoms with Gasteiger partial charge in [0, 0.05) is 60.4 Å². The zero-order valence-corrected chi connectivity index (χ0v) is 40.5. The van der Waals surface area contributed by atoms with Crippen molar-refractivity contribution in [3.63, 3.8) is 0 Å². The molecule has 2 heterocycles. The molecule has 2 aliphatic heterocycles. The average molecular weight is 907 g/mol. The molecule has 10 nitrogen and oxygen atoms in total. The van der Waals surface area contributed by atoms with Crippen LogP contribution in [-0.2, 0) is 27.1 Å². The highest BCUT2D eigenvalue weighted by Gasteiger charge is 2.77. The Morgan fingerprint density at radius 1 is 1.09 bits per heavy atom. The van der Waals surface area contributed by atoms with Crippen molar-refractivity contribution in [1.29, 1.82) is 0 Å². The van der Waals surface area contributed by atoms with Gasteiger partial charge in [-0.1, -0.05) is 117 Å². The van der Waals surface area contributed by atoms with Crippen LogP contribution in [0.2, 0.25) is 0 Å². The van der Waals surface area contributed by atoms with Gasteiger partial charge in [-0.3, -0.25) is 10.1 Å². The van der Waals surface area contributed by atoms with Gasteiger partial charge in [-0.05, 0) is 132 Å². The van der Waals surface area contributed by atoms with Crippen LogP contribution in [0.5, 0.6) is 0 Å². The van der Waals surface area contributed by atoms with Gasteiger partial charge in [-0.25, -0.2) is 0 Å². The van der Waals surface area contributed by atoms with Gasteiger partial charge < -0.3 is 40.3 Å². The number of carbonyl (C=O) groups excluding carboxylic acids is 1. The molecule has 1 aromatic carbocycles. The number of aldehydes is 1. The Morgan fingerprint density at radius 3 is 2.56 bits per heavy atom. The van der Waals surface area contributed by atoms with Gasteiger partial charge in [0.15, 0.2) is 6.29 Å². The van der Waals surface area contributed by atoms with Gasteiger partial charge in [-0.15, -0.1) is 0 Å². The molecular formula is C56H78N2O8. The molecule has 0 saturated heterocycles. The number of ether oxygens (including phenoxy) is 2. The van der Waals surface area contributed by atoms with Crippen LogP contribution >= 0.6 is 0 Å². The number of allylic oxidation sites excluding steroid dienone is 10. The summed E-state index contributed by atoms with van der Waals surface area (Å²) in [5.74, 6) is -1.25. The molecule has 7 N–H and O–H groups in total. The third-order valence-electron chi connectivity index (χ3n) is 16.8. The first-order valence-electron chi connectivity index (χ1n) is 24.5. The van der Waals surface area contributed by atoms with Crippen LogP contribution in [-0.4, -0.2) is 101 Å². The number of carbonyl (C=O) groups is 1. The first-order valence-corrected chi connectivity index (χ1v) is 24.5. The van der Waals surface area contributed by atoms with Crippen molar-refractivity contribution in [2.45, 2.75) is 128 Å². The fourth-order valence-corrected chi connectivity index (χ4v) is 13.2. The summed E-state index contributed by atoms with van der Waals surface area (Å²) in [6, 6.07) is 8.67. The van der Waals surface area contributed by atoms with Crippen LogP contribution in [0.1, 0.15) is 90.7 Å². The van der Waals surface area contributed by atoms with E-state index in [-0.39, 0.29) is 35.8 Å². The van der Waals surface area contributed by atoms with Gasteiger partial charge in [-0.2, -0.15) is 0 Å². The summed E-state index contributed by atoms with van der Waals surface area (Å²) in [6.45, 7) is 15.7. The van der Waals surface area contributed by atoms with Crippen LogP contribution in [0.3, 0.4) is 0 Å². The van der Waals surface area contributed by atoms with Crippen molar-refractivity contribution < 1.29 is 39.8 Å². The lowest BCUT2D eigenvalue weighted by Gasteiger charge is -2.68. The van der Waals surface area contributed by atoms with E-state index in [1.54, 1.807) is 7.11 Å². The minimum absolute atomic E-state index is 0.0112. The Hall–Kier alpha value is -3.55. The van der Waals surface area contributed by atoms with Gasteiger partial charge in [0.05, 0.1) is 11.2 Å². The van der Waals surface area contributed by atoms with Crippen LogP contribution in [0.15, 0.2) is 119 Å². The summed E-state index contributed by atoms with van der Waals surface area (Å²) in [6.07, 6.45) is 23.7. The number of hydrogen-bond donors (Lipinski definition) is 7. The molecule has 10 heteroatoms. The summed E-state index contributed by atoms with van der Waals surface area (Å²) < 4.78 is 12.0. The normalized spacial score (nSPS) is 40.4. The highest BCUT2D eigenvalue weighted by atomic mass is 16.6. The van der Waals surface area contributed by atoms with Crippen LogP contribution < -0.4 is 10.6 Å². The highest BCUT2D eigenvalue weighted by Crippen LogP contribution is 2.75. The molecule has 360 valence electrons. The van der Waals surface area contributed by atoms with Crippen LogP contribution in [0.25, 0.3) is 0 Å². The predicted molar refractivity (Wildman–Crippen MR) is 261 cm³/mol. The first-order chi connectivity index (χ1) is 31.4. The first kappa shape index (κ1) is 50.3. The molecule has 0 amide bonds. The van der Waals surface area contributed by atoms with Crippen LogP contribution in [0.4, 0.5) is 0 Å². The predicted octanol–water partition coefficient (Wildman–Crippen LogP) is 7.15. The summed E-state index contributed by atoms with van der Waals surface area (Å²) in [4.78, 5) is 12.7. The van der Waals surface area contributed by atoms with E-state index in [9.17, 15) is 30.3 Å². The van der Waals surface area contributed by atoms with E-state index in [0.717, 1.165) is 47.8 Å². The molecule has 2 saturated carbocycles. The molecule has 0 unspecified atom stereocenters. The number of aliphatic hydroxyl groups is 5. The van der Waals surface area contributed by atoms with E-state index >= 15 is 0 Å². The maximum atomic E-state index is 13.9. The molecule has 1 spiro atoms. The Balaban J connectivity index is 1.31.